The van der Waals surface area contributed by atoms with Crippen LogP contribution in [0.25, 0.3) is 11.0 Å². The number of phenols is 1. The van der Waals surface area contributed by atoms with Gasteiger partial charge in [0.05, 0.1) is 17.1 Å². The molecule has 2 aromatic carbocycles. The van der Waals surface area contributed by atoms with Crippen molar-refractivity contribution in [2.75, 3.05) is 0 Å². The molecule has 0 saturated heterocycles. The van der Waals surface area contributed by atoms with Gasteiger partial charge in [-0.15, -0.1) is 0 Å². The number of hydrogen-bond acceptors (Lipinski definition) is 3. The number of phenolic OH excluding ortho intramolecular Hbond substituents is 1. The maximum Gasteiger partial charge on any atom is 0.126 e. The van der Waals surface area contributed by atoms with E-state index in [4.69, 9.17) is 17.3 Å². The van der Waals surface area contributed by atoms with Crippen LogP contribution in [-0.2, 0) is 13.5 Å². The molecule has 0 fully saturated rings. The minimum absolute atomic E-state index is 0.217. The molecule has 0 spiro atoms. The second-order valence-electron chi connectivity index (χ2n) is 5.14. The van der Waals surface area contributed by atoms with Crippen molar-refractivity contribution in [1.82, 2.24) is 9.55 Å². The van der Waals surface area contributed by atoms with E-state index in [2.05, 4.69) is 4.98 Å². The van der Waals surface area contributed by atoms with Crippen molar-refractivity contribution >= 4 is 22.6 Å². The van der Waals surface area contributed by atoms with E-state index in [-0.39, 0.29) is 11.8 Å². The first kappa shape index (κ1) is 13.9. The Kier molecular flexibility index (Phi) is 3.57. The molecule has 3 rings (SSSR count). The fourth-order valence-electron chi connectivity index (χ4n) is 2.49. The second-order valence-corrected chi connectivity index (χ2v) is 5.58. The molecule has 4 nitrogen and oxygen atoms in total. The van der Waals surface area contributed by atoms with Gasteiger partial charge in [-0.3, -0.25) is 0 Å². The number of rotatable bonds is 3. The quantitative estimate of drug-likeness (QED) is 0.781. The maximum atomic E-state index is 9.31. The van der Waals surface area contributed by atoms with Gasteiger partial charge in [-0.2, -0.15) is 0 Å². The maximum absolute atomic E-state index is 9.31. The van der Waals surface area contributed by atoms with E-state index in [1.807, 2.05) is 41.9 Å². The Labute approximate surface area is 127 Å². The summed E-state index contributed by atoms with van der Waals surface area (Å²) in [5.74, 6) is 1.07. The van der Waals surface area contributed by atoms with Gasteiger partial charge in [0.25, 0.3) is 0 Å². The molecule has 0 aliphatic heterocycles. The fraction of sp³-hybridized carbons (Fsp3) is 0.188. The van der Waals surface area contributed by atoms with Crippen LogP contribution in [0.3, 0.4) is 0 Å². The number of nitrogens with zero attached hydrogens (tertiary/aromatic N) is 2. The van der Waals surface area contributed by atoms with Crippen LogP contribution in [0.2, 0.25) is 5.02 Å². The third-order valence-electron chi connectivity index (χ3n) is 3.60. The average molecular weight is 302 g/mol. The number of imidazole rings is 1. The summed E-state index contributed by atoms with van der Waals surface area (Å²) < 4.78 is 1.98. The zero-order valence-corrected chi connectivity index (χ0v) is 12.4. The van der Waals surface area contributed by atoms with E-state index in [0.29, 0.717) is 11.4 Å². The van der Waals surface area contributed by atoms with Crippen LogP contribution >= 0.6 is 11.6 Å². The van der Waals surface area contributed by atoms with E-state index >= 15 is 0 Å². The normalized spacial score (nSPS) is 12.7. The van der Waals surface area contributed by atoms with Crippen molar-refractivity contribution in [3.05, 3.63) is 58.9 Å². The van der Waals surface area contributed by atoms with Gasteiger partial charge in [0.15, 0.2) is 0 Å². The topological polar surface area (TPSA) is 64.1 Å². The van der Waals surface area contributed by atoms with Crippen LogP contribution in [0, 0.1) is 0 Å². The molecule has 1 heterocycles. The highest BCUT2D eigenvalue weighted by molar-refractivity contribution is 6.31. The molecule has 1 unspecified atom stereocenters. The lowest BCUT2D eigenvalue weighted by atomic mass is 10.1. The van der Waals surface area contributed by atoms with Crippen molar-refractivity contribution in [2.45, 2.75) is 12.5 Å². The van der Waals surface area contributed by atoms with Crippen LogP contribution in [0.4, 0.5) is 0 Å². The van der Waals surface area contributed by atoms with Crippen LogP contribution in [-0.4, -0.2) is 14.7 Å². The lowest BCUT2D eigenvalue weighted by Crippen LogP contribution is -2.17. The van der Waals surface area contributed by atoms with Gasteiger partial charge in [0.1, 0.15) is 11.6 Å². The van der Waals surface area contributed by atoms with Gasteiger partial charge >= 0.3 is 0 Å². The van der Waals surface area contributed by atoms with Gasteiger partial charge in [0.2, 0.25) is 0 Å². The number of aryl methyl sites for hydroxylation is 1. The largest absolute Gasteiger partial charge is 0.508 e. The molecule has 0 aliphatic rings. The first-order valence-corrected chi connectivity index (χ1v) is 7.08. The van der Waals surface area contributed by atoms with Crippen molar-refractivity contribution in [1.29, 1.82) is 0 Å². The summed E-state index contributed by atoms with van der Waals surface area (Å²) in [4.78, 5) is 4.60. The summed E-state index contributed by atoms with van der Waals surface area (Å²) in [6, 6.07) is 12.5. The van der Waals surface area contributed by atoms with Crippen LogP contribution in [0.5, 0.6) is 5.75 Å². The van der Waals surface area contributed by atoms with Gasteiger partial charge in [-0.1, -0.05) is 23.7 Å². The van der Waals surface area contributed by atoms with E-state index in [1.165, 1.54) is 0 Å². The first-order valence-electron chi connectivity index (χ1n) is 6.70. The van der Waals surface area contributed by atoms with Gasteiger partial charge in [-0.25, -0.2) is 4.98 Å². The van der Waals surface area contributed by atoms with Gasteiger partial charge in [0, 0.05) is 12.1 Å². The van der Waals surface area contributed by atoms with Crippen LogP contribution in [0.15, 0.2) is 42.5 Å². The Morgan fingerprint density at radius 1 is 1.24 bits per heavy atom. The molecule has 1 aromatic heterocycles. The molecule has 5 heteroatoms. The minimum Gasteiger partial charge on any atom is -0.508 e. The molecule has 1 atom stereocenters. The Bertz CT molecular complexity index is 780. The van der Waals surface area contributed by atoms with E-state index in [9.17, 15) is 5.11 Å². The van der Waals surface area contributed by atoms with Crippen molar-refractivity contribution in [2.24, 2.45) is 12.8 Å². The summed E-state index contributed by atoms with van der Waals surface area (Å²) >= 11 is 6.03. The molecular weight excluding hydrogens is 286 g/mol. The molecule has 0 saturated carbocycles. The van der Waals surface area contributed by atoms with E-state index in [1.54, 1.807) is 12.1 Å². The highest BCUT2D eigenvalue weighted by atomic mass is 35.5. The van der Waals surface area contributed by atoms with Crippen molar-refractivity contribution in [3.8, 4) is 5.75 Å². The number of aromatic hydroxyl groups is 1. The number of halogens is 1. The number of nitrogens with two attached hydrogens (primary N) is 1. The molecule has 0 bridgehead atoms. The molecule has 0 aliphatic carbocycles. The third-order valence-corrected chi connectivity index (χ3v) is 3.84. The second kappa shape index (κ2) is 5.39. The Balaban J connectivity index is 1.92. The lowest BCUT2D eigenvalue weighted by molar-refractivity contribution is 0.475. The predicted molar refractivity (Wildman–Crippen MR) is 84.5 cm³/mol. The van der Waals surface area contributed by atoms with Crippen LogP contribution < -0.4 is 5.73 Å². The first-order chi connectivity index (χ1) is 10.0. The number of fused-ring (bicyclic) bond motifs is 1. The summed E-state index contributed by atoms with van der Waals surface area (Å²) in [5.41, 5.74) is 9.21. The summed E-state index contributed by atoms with van der Waals surface area (Å²) in [6.45, 7) is 0. The molecule has 3 aromatic rings. The van der Waals surface area contributed by atoms with Crippen molar-refractivity contribution < 1.29 is 5.11 Å². The average Bonchev–Trinajstić information content (AvgIpc) is 2.79. The predicted octanol–water partition coefficient (Wildman–Crippen LogP) is 3.17. The highest BCUT2D eigenvalue weighted by Crippen LogP contribution is 2.24. The highest BCUT2D eigenvalue weighted by Gasteiger charge is 2.15. The zero-order chi connectivity index (χ0) is 15.0. The summed E-state index contributed by atoms with van der Waals surface area (Å²) in [6.07, 6.45) is 0.658. The van der Waals surface area contributed by atoms with Crippen molar-refractivity contribution in [3.63, 3.8) is 0 Å². The third kappa shape index (κ3) is 2.73. The lowest BCUT2D eigenvalue weighted by Gasteiger charge is -2.12. The SMILES string of the molecule is Cn1c(C(N)Cc2ccc(O)cc2)nc2ccc(Cl)cc21. The smallest absolute Gasteiger partial charge is 0.126 e. The molecule has 0 radical (unpaired) electrons. The number of hydrogen-bond donors (Lipinski definition) is 2. The fourth-order valence-corrected chi connectivity index (χ4v) is 2.66. The number of benzene rings is 2. The Morgan fingerprint density at radius 3 is 2.67 bits per heavy atom. The van der Waals surface area contributed by atoms with Gasteiger partial charge < -0.3 is 15.4 Å². The van der Waals surface area contributed by atoms with E-state index < -0.39 is 0 Å². The molecule has 21 heavy (non-hydrogen) atoms. The van der Waals surface area contributed by atoms with Crippen LogP contribution in [0.1, 0.15) is 17.4 Å². The number of aromatic nitrogens is 2. The Hall–Kier alpha value is -2.04. The van der Waals surface area contributed by atoms with E-state index in [0.717, 1.165) is 22.4 Å². The zero-order valence-electron chi connectivity index (χ0n) is 11.6. The van der Waals surface area contributed by atoms with Gasteiger partial charge in [-0.05, 0) is 42.3 Å². The minimum atomic E-state index is -0.217. The summed E-state index contributed by atoms with van der Waals surface area (Å²) in [5, 5.41) is 10.00. The molecule has 108 valence electrons. The molecule has 0 amide bonds. The molecular formula is C16H16ClN3O. The molecule has 3 N–H and O–H groups in total. The summed E-state index contributed by atoms with van der Waals surface area (Å²) in [7, 11) is 1.94. The Morgan fingerprint density at radius 2 is 1.95 bits per heavy atom. The standard InChI is InChI=1S/C16H16ClN3O/c1-20-15-9-11(17)4-7-14(15)19-16(20)13(18)8-10-2-5-12(21)6-3-10/h2-7,9,13,21H,8,18H2,1H3. The monoisotopic (exact) mass is 301 g/mol.